The minimum Gasteiger partial charge on any atom is -0.455 e. The number of benzene rings is 4. The van der Waals surface area contributed by atoms with Crippen molar-refractivity contribution in [3.8, 4) is 23.5 Å². The Balaban J connectivity index is 0.00000190. The van der Waals surface area contributed by atoms with Gasteiger partial charge in [-0.3, -0.25) is 0 Å². The molecule has 4 aromatic carbocycles. The number of allylic oxidation sites excluding steroid dienone is 2. The van der Waals surface area contributed by atoms with Gasteiger partial charge in [-0.25, -0.2) is 0 Å². The molecule has 0 fully saturated rings. The van der Waals surface area contributed by atoms with E-state index in [0.717, 1.165) is 72.7 Å². The Morgan fingerprint density at radius 3 is 2.11 bits per heavy atom. The highest BCUT2D eigenvalue weighted by Gasteiger charge is 2.25. The second kappa shape index (κ2) is 12.8. The summed E-state index contributed by atoms with van der Waals surface area (Å²) in [7, 11) is 0. The van der Waals surface area contributed by atoms with Crippen LogP contribution in [0.4, 0.5) is 0 Å². The van der Waals surface area contributed by atoms with Crippen molar-refractivity contribution in [3.63, 3.8) is 0 Å². The molecule has 0 aliphatic carbocycles. The van der Waals surface area contributed by atoms with Gasteiger partial charge in [0.1, 0.15) is 17.4 Å². The molecule has 0 aliphatic heterocycles. The van der Waals surface area contributed by atoms with Crippen LogP contribution in [-0.4, -0.2) is 9.13 Å². The molecule has 0 saturated carbocycles. The molecule has 0 amide bonds. The minimum absolute atomic E-state index is 0.416. The van der Waals surface area contributed by atoms with Crippen LogP contribution < -0.4 is 0 Å². The van der Waals surface area contributed by atoms with Crippen molar-refractivity contribution in [1.29, 1.82) is 10.5 Å². The first kappa shape index (κ1) is 31.0. The normalized spacial score (nSPS) is 11.5. The Hall–Kier alpha value is -6.04. The van der Waals surface area contributed by atoms with Crippen molar-refractivity contribution in [2.75, 3.05) is 0 Å². The van der Waals surface area contributed by atoms with Gasteiger partial charge in [0.05, 0.1) is 50.5 Å². The molecular formula is C42H36N4O. The Kier molecular flexibility index (Phi) is 8.40. The summed E-state index contributed by atoms with van der Waals surface area (Å²) < 4.78 is 10.9. The van der Waals surface area contributed by atoms with Gasteiger partial charge in [-0.1, -0.05) is 82.0 Å². The highest BCUT2D eigenvalue weighted by molar-refractivity contribution is 6.21. The molecule has 0 bridgehead atoms. The van der Waals surface area contributed by atoms with E-state index in [1.54, 1.807) is 12.1 Å². The molecule has 5 nitrogen and oxygen atoms in total. The highest BCUT2D eigenvalue weighted by atomic mass is 16.3. The number of furan rings is 1. The van der Waals surface area contributed by atoms with Crippen LogP contribution in [0.15, 0.2) is 95.9 Å². The summed E-state index contributed by atoms with van der Waals surface area (Å²) in [5.74, 6) is 0.716. The van der Waals surface area contributed by atoms with Crippen LogP contribution in [0, 0.1) is 22.7 Å². The average molecular weight is 613 g/mol. The SMILES string of the molecule is C=Cc1oc2c(ccc3c2c2ccccc2n3-c2cc(C#N)cc(C#N)c2-n2c(/C=C\C)c(CC)c3ccccc32)c1/C=C\C.CC. The smallest absolute Gasteiger partial charge is 0.145 e. The molecule has 0 spiro atoms. The van der Waals surface area contributed by atoms with Gasteiger partial charge < -0.3 is 13.6 Å². The lowest BCUT2D eigenvalue weighted by molar-refractivity contribution is 0.607. The third kappa shape index (κ3) is 4.68. The van der Waals surface area contributed by atoms with Crippen LogP contribution in [0.5, 0.6) is 0 Å². The predicted molar refractivity (Wildman–Crippen MR) is 197 cm³/mol. The molecule has 0 saturated heterocycles. The summed E-state index contributed by atoms with van der Waals surface area (Å²) in [6.07, 6.45) is 10.8. The Morgan fingerprint density at radius 1 is 0.787 bits per heavy atom. The number of nitrogens with zero attached hydrogens (tertiary/aromatic N) is 4. The summed E-state index contributed by atoms with van der Waals surface area (Å²) in [6, 6.07) is 29.1. The van der Waals surface area contributed by atoms with Gasteiger partial charge in [-0.05, 0) is 74.4 Å². The van der Waals surface area contributed by atoms with Crippen LogP contribution >= 0.6 is 0 Å². The number of rotatable bonds is 6. The largest absolute Gasteiger partial charge is 0.455 e. The first-order valence-electron chi connectivity index (χ1n) is 16.1. The van der Waals surface area contributed by atoms with Gasteiger partial charge in [-0.15, -0.1) is 0 Å². The van der Waals surface area contributed by atoms with E-state index in [4.69, 9.17) is 4.42 Å². The lowest BCUT2D eigenvalue weighted by Crippen LogP contribution is -2.08. The number of aryl methyl sites for hydroxylation is 1. The first-order valence-corrected chi connectivity index (χ1v) is 16.1. The highest BCUT2D eigenvalue weighted by Crippen LogP contribution is 2.43. The van der Waals surface area contributed by atoms with Crippen molar-refractivity contribution in [1.82, 2.24) is 9.13 Å². The van der Waals surface area contributed by atoms with E-state index in [1.807, 2.05) is 70.2 Å². The molecule has 5 heteroatoms. The molecule has 7 rings (SSSR count). The van der Waals surface area contributed by atoms with Crippen LogP contribution in [0.1, 0.15) is 68.3 Å². The van der Waals surface area contributed by atoms with Crippen molar-refractivity contribution < 1.29 is 4.42 Å². The Morgan fingerprint density at radius 2 is 1.47 bits per heavy atom. The zero-order valence-electron chi connectivity index (χ0n) is 27.4. The fourth-order valence-corrected chi connectivity index (χ4v) is 6.84. The molecule has 230 valence electrons. The fourth-order valence-electron chi connectivity index (χ4n) is 6.84. The van der Waals surface area contributed by atoms with Crippen LogP contribution in [-0.2, 0) is 6.42 Å². The van der Waals surface area contributed by atoms with Crippen LogP contribution in [0.3, 0.4) is 0 Å². The predicted octanol–water partition coefficient (Wildman–Crippen LogP) is 11.5. The Labute approximate surface area is 275 Å². The summed E-state index contributed by atoms with van der Waals surface area (Å²) in [5.41, 5.74) is 9.17. The fraction of sp³-hybridized carbons (Fsp3) is 0.143. The van der Waals surface area contributed by atoms with Gasteiger partial charge in [-0.2, -0.15) is 10.5 Å². The number of hydrogen-bond acceptors (Lipinski definition) is 3. The zero-order chi connectivity index (χ0) is 33.2. The zero-order valence-corrected chi connectivity index (χ0v) is 27.4. The minimum atomic E-state index is 0.416. The number of para-hydroxylation sites is 2. The van der Waals surface area contributed by atoms with E-state index in [1.165, 1.54) is 5.56 Å². The molecular weight excluding hydrogens is 576 g/mol. The molecule has 3 heterocycles. The maximum absolute atomic E-state index is 10.6. The van der Waals surface area contributed by atoms with Crippen molar-refractivity contribution in [3.05, 3.63) is 125 Å². The first-order chi connectivity index (χ1) is 23.1. The molecule has 3 aromatic heterocycles. The van der Waals surface area contributed by atoms with Gasteiger partial charge >= 0.3 is 0 Å². The van der Waals surface area contributed by atoms with E-state index in [2.05, 4.69) is 83.3 Å². The molecule has 0 atom stereocenters. The third-order valence-corrected chi connectivity index (χ3v) is 8.58. The quantitative estimate of drug-likeness (QED) is 0.188. The van der Waals surface area contributed by atoms with Crippen molar-refractivity contribution >= 4 is 61.9 Å². The van der Waals surface area contributed by atoms with Gasteiger partial charge in [0.25, 0.3) is 0 Å². The number of nitriles is 2. The second-order valence-corrected chi connectivity index (χ2v) is 11.0. The van der Waals surface area contributed by atoms with Crippen LogP contribution in [0.2, 0.25) is 0 Å². The van der Waals surface area contributed by atoms with Crippen molar-refractivity contribution in [2.45, 2.75) is 41.0 Å². The van der Waals surface area contributed by atoms with Gasteiger partial charge in [0.15, 0.2) is 0 Å². The lowest BCUT2D eigenvalue weighted by Gasteiger charge is -2.19. The van der Waals surface area contributed by atoms with Crippen LogP contribution in [0.25, 0.3) is 73.3 Å². The van der Waals surface area contributed by atoms with Gasteiger partial charge in [0, 0.05) is 27.4 Å². The molecule has 0 unspecified atom stereocenters. The van der Waals surface area contributed by atoms with E-state index in [0.29, 0.717) is 16.9 Å². The average Bonchev–Trinajstić information content (AvgIpc) is 3.75. The number of aromatic nitrogens is 2. The molecule has 47 heavy (non-hydrogen) atoms. The monoisotopic (exact) mass is 612 g/mol. The summed E-state index contributed by atoms with van der Waals surface area (Å²) >= 11 is 0. The summed E-state index contributed by atoms with van der Waals surface area (Å²) in [4.78, 5) is 0. The van der Waals surface area contributed by atoms with E-state index in [9.17, 15) is 10.5 Å². The van der Waals surface area contributed by atoms with E-state index >= 15 is 0 Å². The maximum Gasteiger partial charge on any atom is 0.145 e. The Bertz CT molecular complexity index is 2480. The lowest BCUT2D eigenvalue weighted by atomic mass is 10.1. The maximum atomic E-state index is 10.6. The molecule has 0 radical (unpaired) electrons. The topological polar surface area (TPSA) is 70.6 Å². The second-order valence-electron chi connectivity index (χ2n) is 11.0. The third-order valence-electron chi connectivity index (χ3n) is 8.58. The molecule has 0 aliphatic rings. The van der Waals surface area contributed by atoms with Crippen molar-refractivity contribution in [2.24, 2.45) is 0 Å². The van der Waals surface area contributed by atoms with E-state index in [-0.39, 0.29) is 0 Å². The van der Waals surface area contributed by atoms with E-state index < -0.39 is 0 Å². The molecule has 7 aromatic rings. The summed E-state index contributed by atoms with van der Waals surface area (Å²) in [6.45, 7) is 14.2. The standard InChI is InChI=1S/C40H30N4O.C2H6/c1-5-13-29-30-19-20-35-38(40(30)45-37(29)8-4)31-16-10-12-18-34(31)43(35)36-22-25(23-41)21-26(24-42)39(36)44-32(14-6-2)27(7-3)28-15-9-11-17-33(28)44;1-2/h5-6,8-22H,4,7H2,1-3H3;1-2H3/b13-5-,14-6-;. The molecule has 0 N–H and O–H groups in total. The number of hydrogen-bond donors (Lipinski definition) is 0. The summed E-state index contributed by atoms with van der Waals surface area (Å²) in [5, 5.41) is 24.9. The van der Waals surface area contributed by atoms with Gasteiger partial charge in [0.2, 0.25) is 0 Å². The number of fused-ring (bicyclic) bond motifs is 6.